The summed E-state index contributed by atoms with van der Waals surface area (Å²) in [4.78, 5) is 51.4. The molecule has 206 valence electrons. The second-order valence-electron chi connectivity index (χ2n) is 8.55. The maximum Gasteiger partial charge on any atom is 0.335 e. The van der Waals surface area contributed by atoms with E-state index in [2.05, 4.69) is 10.6 Å². The number of anilines is 2. The van der Waals surface area contributed by atoms with Crippen LogP contribution in [0.1, 0.15) is 18.9 Å². The quantitative estimate of drug-likeness (QED) is 0.268. The predicted molar refractivity (Wildman–Crippen MR) is 150 cm³/mol. The molecule has 1 aliphatic heterocycles. The monoisotopic (exact) mass is 563 g/mol. The Morgan fingerprint density at radius 3 is 2.38 bits per heavy atom. The number of hydrogen-bond acceptors (Lipinski definition) is 7. The van der Waals surface area contributed by atoms with Crippen LogP contribution in [-0.2, 0) is 14.4 Å². The zero-order chi connectivity index (χ0) is 28.6. The van der Waals surface area contributed by atoms with Gasteiger partial charge < -0.3 is 19.5 Å². The van der Waals surface area contributed by atoms with E-state index in [9.17, 15) is 19.2 Å². The van der Waals surface area contributed by atoms with Crippen molar-refractivity contribution in [3.63, 3.8) is 0 Å². The Morgan fingerprint density at radius 1 is 0.975 bits per heavy atom. The number of barbiturate groups is 1. The molecule has 0 radical (unpaired) electrons. The number of methoxy groups -OCH3 is 1. The van der Waals surface area contributed by atoms with Crippen molar-refractivity contribution in [1.82, 2.24) is 5.32 Å². The van der Waals surface area contributed by atoms with Crippen LogP contribution in [0.2, 0.25) is 5.02 Å². The number of ether oxygens (including phenoxy) is 3. The number of urea groups is 1. The third-order valence-electron chi connectivity index (χ3n) is 5.66. The van der Waals surface area contributed by atoms with Gasteiger partial charge in [0.2, 0.25) is 0 Å². The van der Waals surface area contributed by atoms with Crippen molar-refractivity contribution in [3.8, 4) is 17.2 Å². The second-order valence-corrected chi connectivity index (χ2v) is 8.99. The first-order valence-electron chi connectivity index (χ1n) is 12.3. The SMILES string of the molecule is CCCOc1ccc(N2C(=O)NC(=O)/C(=C\c3ccc(OCC(=O)Nc4ccc(Cl)cc4)cc3)C2=O)cc1OC. The maximum absolute atomic E-state index is 13.2. The highest BCUT2D eigenvalue weighted by atomic mass is 35.5. The summed E-state index contributed by atoms with van der Waals surface area (Å²) >= 11 is 5.84. The summed E-state index contributed by atoms with van der Waals surface area (Å²) in [6, 6.07) is 16.8. The molecule has 3 aromatic carbocycles. The molecule has 3 aromatic rings. The van der Waals surface area contributed by atoms with Gasteiger partial charge in [-0.25, -0.2) is 9.69 Å². The Bertz CT molecular complexity index is 1450. The first-order valence-corrected chi connectivity index (χ1v) is 12.7. The van der Waals surface area contributed by atoms with Crippen LogP contribution in [0.15, 0.2) is 72.3 Å². The number of carbonyl (C=O) groups is 4. The van der Waals surface area contributed by atoms with Gasteiger partial charge in [0.1, 0.15) is 11.3 Å². The number of rotatable bonds is 10. The second kappa shape index (κ2) is 12.8. The predicted octanol–water partition coefficient (Wildman–Crippen LogP) is 4.82. The molecule has 1 saturated heterocycles. The smallest absolute Gasteiger partial charge is 0.335 e. The van der Waals surface area contributed by atoms with Crippen molar-refractivity contribution >= 4 is 52.8 Å². The van der Waals surface area contributed by atoms with Gasteiger partial charge in [-0.1, -0.05) is 30.7 Å². The van der Waals surface area contributed by atoms with Crippen LogP contribution in [0.3, 0.4) is 0 Å². The molecule has 0 saturated carbocycles. The molecular weight excluding hydrogens is 538 g/mol. The number of nitrogens with one attached hydrogen (secondary N) is 2. The van der Waals surface area contributed by atoms with Gasteiger partial charge in [0.15, 0.2) is 18.1 Å². The van der Waals surface area contributed by atoms with Crippen LogP contribution in [0.25, 0.3) is 6.08 Å². The van der Waals surface area contributed by atoms with Gasteiger partial charge in [-0.05, 0) is 66.6 Å². The minimum atomic E-state index is -0.878. The van der Waals surface area contributed by atoms with Crippen LogP contribution in [-0.4, -0.2) is 44.1 Å². The summed E-state index contributed by atoms with van der Waals surface area (Å²) < 4.78 is 16.5. The highest BCUT2D eigenvalue weighted by Gasteiger charge is 2.37. The number of imide groups is 2. The van der Waals surface area contributed by atoms with E-state index in [0.717, 1.165) is 11.3 Å². The minimum absolute atomic E-state index is 0.210. The van der Waals surface area contributed by atoms with Gasteiger partial charge in [-0.3, -0.25) is 19.7 Å². The number of amides is 5. The fraction of sp³-hybridized carbons (Fsp3) is 0.172. The van der Waals surface area contributed by atoms with E-state index in [4.69, 9.17) is 25.8 Å². The molecule has 1 fully saturated rings. The zero-order valence-corrected chi connectivity index (χ0v) is 22.5. The van der Waals surface area contributed by atoms with Gasteiger partial charge in [-0.15, -0.1) is 0 Å². The van der Waals surface area contributed by atoms with Crippen molar-refractivity contribution in [2.45, 2.75) is 13.3 Å². The Morgan fingerprint density at radius 2 is 1.70 bits per heavy atom. The molecule has 0 aliphatic carbocycles. The van der Waals surface area contributed by atoms with Crippen LogP contribution >= 0.6 is 11.6 Å². The molecule has 0 unspecified atom stereocenters. The maximum atomic E-state index is 13.2. The van der Waals surface area contributed by atoms with Gasteiger partial charge in [0.05, 0.1) is 19.4 Å². The lowest BCUT2D eigenvalue weighted by atomic mass is 10.1. The highest BCUT2D eigenvalue weighted by Crippen LogP contribution is 2.33. The number of carbonyl (C=O) groups excluding carboxylic acids is 4. The summed E-state index contributed by atoms with van der Waals surface area (Å²) in [5.74, 6) is -0.759. The molecule has 10 nitrogen and oxygen atoms in total. The standard InChI is InChI=1S/C29H26ClN3O7/c1-3-14-39-24-13-10-21(16-25(24)38-2)33-28(36)23(27(35)32-29(33)37)15-18-4-11-22(12-5-18)40-17-26(34)31-20-8-6-19(30)7-9-20/h4-13,15-16H,3,14,17H2,1-2H3,(H,31,34)(H,32,35,37)/b23-15+. The molecule has 0 atom stereocenters. The van der Waals surface area contributed by atoms with Gasteiger partial charge in [0, 0.05) is 16.8 Å². The van der Waals surface area contributed by atoms with Crippen molar-refractivity contribution < 1.29 is 33.4 Å². The molecular formula is C29H26ClN3O7. The average molecular weight is 564 g/mol. The zero-order valence-electron chi connectivity index (χ0n) is 21.7. The molecule has 11 heteroatoms. The molecule has 0 spiro atoms. The summed E-state index contributed by atoms with van der Waals surface area (Å²) in [5.41, 5.74) is 1.07. The van der Waals surface area contributed by atoms with Crippen LogP contribution < -0.4 is 29.7 Å². The Kier molecular flexibility index (Phi) is 9.03. The summed E-state index contributed by atoms with van der Waals surface area (Å²) in [6.45, 7) is 2.21. The lowest BCUT2D eigenvalue weighted by molar-refractivity contribution is -0.122. The number of halogens is 1. The Hall–Kier alpha value is -4.83. The number of benzene rings is 3. The van der Waals surface area contributed by atoms with Crippen LogP contribution in [0.4, 0.5) is 16.2 Å². The van der Waals surface area contributed by atoms with E-state index in [0.29, 0.717) is 40.1 Å². The number of nitrogens with zero attached hydrogens (tertiary/aromatic N) is 1. The van der Waals surface area contributed by atoms with E-state index in [1.165, 1.54) is 25.3 Å². The molecule has 1 aliphatic rings. The molecule has 1 heterocycles. The van der Waals surface area contributed by atoms with E-state index >= 15 is 0 Å². The molecule has 40 heavy (non-hydrogen) atoms. The van der Waals surface area contributed by atoms with Crippen LogP contribution in [0, 0.1) is 0 Å². The summed E-state index contributed by atoms with van der Waals surface area (Å²) in [5, 5.41) is 5.44. The van der Waals surface area contributed by atoms with Crippen molar-refractivity contribution in [1.29, 1.82) is 0 Å². The van der Waals surface area contributed by atoms with Crippen molar-refractivity contribution in [2.75, 3.05) is 30.5 Å². The van der Waals surface area contributed by atoms with E-state index in [1.54, 1.807) is 54.6 Å². The molecule has 5 amide bonds. The Balaban J connectivity index is 1.45. The average Bonchev–Trinajstić information content (AvgIpc) is 2.95. The normalized spacial score (nSPS) is 14.1. The van der Waals surface area contributed by atoms with Crippen molar-refractivity contribution in [3.05, 3.63) is 82.9 Å². The summed E-state index contributed by atoms with van der Waals surface area (Å²) in [7, 11) is 1.45. The molecule has 2 N–H and O–H groups in total. The molecule has 0 aromatic heterocycles. The van der Waals surface area contributed by atoms with Gasteiger partial charge in [0.25, 0.3) is 17.7 Å². The van der Waals surface area contributed by atoms with E-state index in [1.807, 2.05) is 6.92 Å². The third kappa shape index (κ3) is 6.78. The highest BCUT2D eigenvalue weighted by molar-refractivity contribution is 6.39. The fourth-order valence-electron chi connectivity index (χ4n) is 3.72. The minimum Gasteiger partial charge on any atom is -0.493 e. The first kappa shape index (κ1) is 28.2. The first-order chi connectivity index (χ1) is 19.3. The third-order valence-corrected chi connectivity index (χ3v) is 5.91. The Labute approximate surface area is 235 Å². The van der Waals surface area contributed by atoms with Gasteiger partial charge >= 0.3 is 6.03 Å². The summed E-state index contributed by atoms with van der Waals surface area (Å²) in [6.07, 6.45) is 2.16. The van der Waals surface area contributed by atoms with E-state index < -0.39 is 17.8 Å². The van der Waals surface area contributed by atoms with Gasteiger partial charge in [-0.2, -0.15) is 0 Å². The van der Waals surface area contributed by atoms with E-state index in [-0.39, 0.29) is 23.8 Å². The fourth-order valence-corrected chi connectivity index (χ4v) is 3.85. The van der Waals surface area contributed by atoms with Crippen LogP contribution in [0.5, 0.6) is 17.2 Å². The lowest BCUT2D eigenvalue weighted by Gasteiger charge is -2.27. The molecule has 0 bridgehead atoms. The van der Waals surface area contributed by atoms with Crippen molar-refractivity contribution in [2.24, 2.45) is 0 Å². The number of hydrogen-bond donors (Lipinski definition) is 2. The molecule has 4 rings (SSSR count). The topological polar surface area (TPSA) is 123 Å². The lowest BCUT2D eigenvalue weighted by Crippen LogP contribution is -2.54. The largest absolute Gasteiger partial charge is 0.493 e.